The highest BCUT2D eigenvalue weighted by molar-refractivity contribution is 7.10. The fourth-order valence-electron chi connectivity index (χ4n) is 2.68. The second-order valence-corrected chi connectivity index (χ2v) is 7.25. The van der Waals surface area contributed by atoms with Gasteiger partial charge in [0.05, 0.1) is 12.1 Å². The number of methoxy groups -OCH3 is 1. The summed E-state index contributed by atoms with van der Waals surface area (Å²) < 4.78 is 11.2. The Kier molecular flexibility index (Phi) is 7.03. The average Bonchev–Trinajstić information content (AvgIpc) is 3.14. The molecule has 0 aliphatic carbocycles. The lowest BCUT2D eigenvalue weighted by molar-refractivity contribution is -0.0855. The molecule has 24 heavy (non-hydrogen) atoms. The van der Waals surface area contributed by atoms with Gasteiger partial charge in [0.25, 0.3) is 0 Å². The fraction of sp³-hybridized carbons (Fsp3) is 0.706. The van der Waals surface area contributed by atoms with E-state index in [1.165, 1.54) is 11.3 Å². The molecule has 2 heterocycles. The second kappa shape index (κ2) is 8.80. The molecule has 1 aliphatic rings. The standard InChI is InChI=1S/C17H29N3O3S/c1-4-18-15(19-12-16(2,21)14-6-5-11-24-14)20-13-17(22-3)7-9-23-10-8-17/h5-6,11,21H,4,7-10,12-13H2,1-3H3,(H2,18,19,20). The lowest BCUT2D eigenvalue weighted by Crippen LogP contribution is -2.51. The number of hydrogen-bond acceptors (Lipinski definition) is 5. The van der Waals surface area contributed by atoms with Crippen LogP contribution in [-0.4, -0.2) is 56.6 Å². The first kappa shape index (κ1) is 19.2. The molecule has 0 spiro atoms. The van der Waals surface area contributed by atoms with E-state index in [1.54, 1.807) is 14.0 Å². The van der Waals surface area contributed by atoms with Gasteiger partial charge in [-0.25, -0.2) is 4.99 Å². The maximum atomic E-state index is 10.6. The summed E-state index contributed by atoms with van der Waals surface area (Å²) in [5, 5.41) is 19.2. The molecule has 7 heteroatoms. The van der Waals surface area contributed by atoms with E-state index in [1.807, 2.05) is 24.4 Å². The van der Waals surface area contributed by atoms with Gasteiger partial charge in [0.1, 0.15) is 5.60 Å². The van der Waals surface area contributed by atoms with Gasteiger partial charge >= 0.3 is 0 Å². The van der Waals surface area contributed by atoms with Crippen molar-refractivity contribution in [2.24, 2.45) is 4.99 Å². The van der Waals surface area contributed by atoms with Gasteiger partial charge in [0, 0.05) is 51.1 Å². The van der Waals surface area contributed by atoms with E-state index in [2.05, 4.69) is 15.6 Å². The highest BCUT2D eigenvalue weighted by atomic mass is 32.1. The van der Waals surface area contributed by atoms with E-state index in [0.717, 1.165) is 37.5 Å². The zero-order valence-electron chi connectivity index (χ0n) is 14.8. The monoisotopic (exact) mass is 355 g/mol. The Balaban J connectivity index is 1.97. The molecule has 1 aliphatic heterocycles. The van der Waals surface area contributed by atoms with Gasteiger partial charge in [-0.3, -0.25) is 0 Å². The molecule has 1 unspecified atom stereocenters. The van der Waals surface area contributed by atoms with Crippen molar-refractivity contribution in [1.82, 2.24) is 10.6 Å². The third kappa shape index (κ3) is 5.17. The van der Waals surface area contributed by atoms with Gasteiger partial charge in [0.15, 0.2) is 5.96 Å². The van der Waals surface area contributed by atoms with Crippen LogP contribution in [0.2, 0.25) is 0 Å². The molecule has 0 amide bonds. The third-order valence-electron chi connectivity index (χ3n) is 4.36. The Morgan fingerprint density at radius 2 is 2.21 bits per heavy atom. The van der Waals surface area contributed by atoms with E-state index in [4.69, 9.17) is 9.47 Å². The molecule has 2 rings (SSSR count). The van der Waals surface area contributed by atoms with Crippen LogP contribution in [0.4, 0.5) is 0 Å². The lowest BCUT2D eigenvalue weighted by atomic mass is 9.94. The van der Waals surface area contributed by atoms with Crippen molar-refractivity contribution in [3.05, 3.63) is 22.4 Å². The molecule has 1 aromatic rings. The topological polar surface area (TPSA) is 75.1 Å². The Hall–Kier alpha value is -1.15. The second-order valence-electron chi connectivity index (χ2n) is 6.30. The summed E-state index contributed by atoms with van der Waals surface area (Å²) in [7, 11) is 1.75. The number of rotatable bonds is 7. The molecule has 136 valence electrons. The molecular formula is C17H29N3O3S. The molecule has 1 fully saturated rings. The highest BCUT2D eigenvalue weighted by Gasteiger charge is 2.32. The predicted molar refractivity (Wildman–Crippen MR) is 97.7 cm³/mol. The first-order valence-electron chi connectivity index (χ1n) is 8.43. The van der Waals surface area contributed by atoms with Crippen molar-refractivity contribution in [2.45, 2.75) is 37.9 Å². The van der Waals surface area contributed by atoms with E-state index in [9.17, 15) is 5.11 Å². The van der Waals surface area contributed by atoms with Crippen LogP contribution >= 0.6 is 11.3 Å². The van der Waals surface area contributed by atoms with Crippen LogP contribution in [0.1, 0.15) is 31.6 Å². The lowest BCUT2D eigenvalue weighted by Gasteiger charge is -2.36. The number of ether oxygens (including phenoxy) is 2. The molecule has 1 aromatic heterocycles. The summed E-state index contributed by atoms with van der Waals surface area (Å²) in [4.78, 5) is 5.47. The number of aliphatic imine (C=N–C) groups is 1. The Morgan fingerprint density at radius 1 is 1.46 bits per heavy atom. The van der Waals surface area contributed by atoms with Crippen LogP contribution in [0.5, 0.6) is 0 Å². The van der Waals surface area contributed by atoms with Crippen molar-refractivity contribution in [3.63, 3.8) is 0 Å². The molecule has 0 aromatic carbocycles. The van der Waals surface area contributed by atoms with Gasteiger partial charge in [0.2, 0.25) is 0 Å². The molecule has 0 saturated carbocycles. The Morgan fingerprint density at radius 3 is 2.79 bits per heavy atom. The van der Waals surface area contributed by atoms with Gasteiger partial charge in [-0.15, -0.1) is 11.3 Å². The smallest absolute Gasteiger partial charge is 0.191 e. The largest absolute Gasteiger partial charge is 0.383 e. The van der Waals surface area contributed by atoms with E-state index >= 15 is 0 Å². The van der Waals surface area contributed by atoms with Gasteiger partial charge < -0.3 is 25.2 Å². The average molecular weight is 356 g/mol. The molecule has 1 saturated heterocycles. The minimum atomic E-state index is -0.964. The summed E-state index contributed by atoms with van der Waals surface area (Å²) in [6.07, 6.45) is 1.73. The van der Waals surface area contributed by atoms with Crippen LogP contribution in [0.15, 0.2) is 22.5 Å². The van der Waals surface area contributed by atoms with Crippen LogP contribution in [0.3, 0.4) is 0 Å². The number of nitrogens with zero attached hydrogens (tertiary/aromatic N) is 1. The highest BCUT2D eigenvalue weighted by Crippen LogP contribution is 2.26. The van der Waals surface area contributed by atoms with Crippen LogP contribution in [0, 0.1) is 0 Å². The van der Waals surface area contributed by atoms with Gasteiger partial charge in [-0.1, -0.05) is 6.07 Å². The summed E-state index contributed by atoms with van der Waals surface area (Å²) in [5.74, 6) is 0.692. The van der Waals surface area contributed by atoms with Gasteiger partial charge in [-0.2, -0.15) is 0 Å². The Bertz CT molecular complexity index is 511. The van der Waals surface area contributed by atoms with Crippen LogP contribution in [0.25, 0.3) is 0 Å². The summed E-state index contributed by atoms with van der Waals surface area (Å²) in [6, 6.07) is 3.87. The normalized spacial score (nSPS) is 20.4. The zero-order valence-corrected chi connectivity index (χ0v) is 15.6. The number of aliphatic hydroxyl groups is 1. The van der Waals surface area contributed by atoms with Crippen LogP contribution in [-0.2, 0) is 15.1 Å². The summed E-state index contributed by atoms with van der Waals surface area (Å²) >= 11 is 1.54. The summed E-state index contributed by atoms with van der Waals surface area (Å²) in [5.41, 5.74) is -1.18. The van der Waals surface area contributed by atoms with Crippen LogP contribution < -0.4 is 10.6 Å². The quantitative estimate of drug-likeness (QED) is 0.513. The van der Waals surface area contributed by atoms with Crippen molar-refractivity contribution in [1.29, 1.82) is 0 Å². The van der Waals surface area contributed by atoms with Crippen molar-refractivity contribution >= 4 is 17.3 Å². The number of thiophene rings is 1. The molecule has 3 N–H and O–H groups in total. The predicted octanol–water partition coefficient (Wildman–Crippen LogP) is 1.71. The minimum absolute atomic E-state index is 0.218. The summed E-state index contributed by atoms with van der Waals surface area (Å²) in [6.45, 7) is 6.98. The van der Waals surface area contributed by atoms with Crippen molar-refractivity contribution < 1.29 is 14.6 Å². The molecular weight excluding hydrogens is 326 g/mol. The van der Waals surface area contributed by atoms with E-state index < -0.39 is 5.60 Å². The molecule has 0 bridgehead atoms. The molecule has 1 atom stereocenters. The SMILES string of the molecule is CCNC(=NCC(C)(O)c1cccs1)NCC1(OC)CCOCC1. The fourth-order valence-corrected chi connectivity index (χ4v) is 3.46. The first-order valence-corrected chi connectivity index (χ1v) is 9.31. The maximum absolute atomic E-state index is 10.6. The molecule has 6 nitrogen and oxygen atoms in total. The number of nitrogens with one attached hydrogen (secondary N) is 2. The first-order chi connectivity index (χ1) is 11.5. The van der Waals surface area contributed by atoms with E-state index in [0.29, 0.717) is 19.0 Å². The van der Waals surface area contributed by atoms with Crippen molar-refractivity contribution in [3.8, 4) is 0 Å². The zero-order chi connectivity index (χ0) is 17.5. The molecule has 0 radical (unpaired) electrons. The number of hydrogen-bond donors (Lipinski definition) is 3. The maximum Gasteiger partial charge on any atom is 0.191 e. The van der Waals surface area contributed by atoms with Gasteiger partial charge in [-0.05, 0) is 25.3 Å². The number of guanidine groups is 1. The van der Waals surface area contributed by atoms with E-state index in [-0.39, 0.29) is 5.60 Å². The third-order valence-corrected chi connectivity index (χ3v) is 5.48. The Labute approximate surface area is 148 Å². The van der Waals surface area contributed by atoms with Crippen molar-refractivity contribution in [2.75, 3.05) is 40.0 Å². The minimum Gasteiger partial charge on any atom is -0.383 e.